The van der Waals surface area contributed by atoms with Crippen molar-refractivity contribution >= 4 is 17.5 Å². The fraction of sp³-hybridized carbons (Fsp3) is 0.333. The lowest BCUT2D eigenvalue weighted by atomic mass is 10.1. The highest BCUT2D eigenvalue weighted by atomic mass is 19.3. The number of amides is 2. The molecular weight excluding hydrogens is 380 g/mol. The van der Waals surface area contributed by atoms with Gasteiger partial charge in [0.2, 0.25) is 5.91 Å². The molecule has 2 aromatic carbocycles. The number of carbonyl (C=O) groups is 2. The zero-order valence-corrected chi connectivity index (χ0v) is 16.4. The minimum atomic E-state index is -2.85. The fourth-order valence-electron chi connectivity index (χ4n) is 2.60. The summed E-state index contributed by atoms with van der Waals surface area (Å²) in [6.07, 6.45) is 0.550. The number of nitrogens with one attached hydrogen (secondary N) is 3. The molecule has 0 unspecified atom stereocenters. The molecule has 0 aliphatic carbocycles. The third-order valence-corrected chi connectivity index (χ3v) is 3.92. The standard InChI is InChI=1S/C21H25F2N3O3/c1-14(2)26-20(28)17-5-3-4-6-18(17)25-13-19(27)24-12-11-15-7-9-16(10-8-15)29-21(22)23/h3-10,14,21,25H,11-13H2,1-2H3,(H,24,27)(H,26,28). The molecule has 0 radical (unpaired) electrons. The minimum Gasteiger partial charge on any atom is -0.435 e. The summed E-state index contributed by atoms with van der Waals surface area (Å²) in [6, 6.07) is 13.3. The summed E-state index contributed by atoms with van der Waals surface area (Å²) in [5, 5.41) is 8.58. The summed E-state index contributed by atoms with van der Waals surface area (Å²) in [5.74, 6) is -0.332. The second-order valence-electron chi connectivity index (χ2n) is 6.65. The van der Waals surface area contributed by atoms with Gasteiger partial charge in [0.25, 0.3) is 5.91 Å². The summed E-state index contributed by atoms with van der Waals surface area (Å²) in [5.41, 5.74) is 1.94. The fourth-order valence-corrected chi connectivity index (χ4v) is 2.60. The molecule has 2 aromatic rings. The van der Waals surface area contributed by atoms with Gasteiger partial charge in [-0.2, -0.15) is 8.78 Å². The smallest absolute Gasteiger partial charge is 0.387 e. The molecule has 0 aliphatic rings. The first-order valence-corrected chi connectivity index (χ1v) is 9.29. The van der Waals surface area contributed by atoms with E-state index in [-0.39, 0.29) is 30.2 Å². The predicted molar refractivity (Wildman–Crippen MR) is 107 cm³/mol. The molecule has 3 N–H and O–H groups in total. The summed E-state index contributed by atoms with van der Waals surface area (Å²) in [6.45, 7) is 1.31. The number of hydrogen-bond donors (Lipinski definition) is 3. The largest absolute Gasteiger partial charge is 0.435 e. The van der Waals surface area contributed by atoms with Crippen molar-refractivity contribution in [3.63, 3.8) is 0 Å². The molecule has 0 heterocycles. The van der Waals surface area contributed by atoms with Crippen LogP contribution >= 0.6 is 0 Å². The highest BCUT2D eigenvalue weighted by Crippen LogP contribution is 2.16. The van der Waals surface area contributed by atoms with Crippen LogP contribution in [0.1, 0.15) is 29.8 Å². The molecule has 2 rings (SSSR count). The molecular formula is C21H25F2N3O3. The summed E-state index contributed by atoms with van der Waals surface area (Å²) < 4.78 is 28.6. The molecule has 8 heteroatoms. The molecule has 0 aliphatic heterocycles. The van der Waals surface area contributed by atoms with Crippen LogP contribution < -0.4 is 20.7 Å². The van der Waals surface area contributed by atoms with Gasteiger partial charge in [0, 0.05) is 18.3 Å². The van der Waals surface area contributed by atoms with E-state index in [1.807, 2.05) is 13.8 Å². The van der Waals surface area contributed by atoms with E-state index in [0.717, 1.165) is 5.56 Å². The van der Waals surface area contributed by atoms with Gasteiger partial charge in [0.05, 0.1) is 12.1 Å². The van der Waals surface area contributed by atoms with Crippen molar-refractivity contribution in [2.24, 2.45) is 0 Å². The molecule has 0 spiro atoms. The first-order valence-electron chi connectivity index (χ1n) is 9.29. The second-order valence-corrected chi connectivity index (χ2v) is 6.65. The Morgan fingerprint density at radius 2 is 1.72 bits per heavy atom. The van der Waals surface area contributed by atoms with Crippen LogP contribution in [0.2, 0.25) is 0 Å². The maximum absolute atomic E-state index is 12.2. The Labute approximate surface area is 168 Å². The van der Waals surface area contributed by atoms with Gasteiger partial charge in [0.1, 0.15) is 5.75 Å². The molecule has 0 saturated heterocycles. The lowest BCUT2D eigenvalue weighted by Gasteiger charge is -2.14. The third kappa shape index (κ3) is 7.77. The van der Waals surface area contributed by atoms with E-state index < -0.39 is 6.61 Å². The Morgan fingerprint density at radius 1 is 1.03 bits per heavy atom. The van der Waals surface area contributed by atoms with E-state index >= 15 is 0 Å². The van der Waals surface area contributed by atoms with E-state index in [1.165, 1.54) is 12.1 Å². The van der Waals surface area contributed by atoms with Crippen molar-refractivity contribution in [3.8, 4) is 5.75 Å². The van der Waals surface area contributed by atoms with Gasteiger partial charge in [-0.05, 0) is 50.1 Å². The number of halogens is 2. The van der Waals surface area contributed by atoms with Gasteiger partial charge in [-0.1, -0.05) is 24.3 Å². The van der Waals surface area contributed by atoms with Crippen molar-refractivity contribution in [1.29, 1.82) is 0 Å². The minimum absolute atomic E-state index is 0.00913. The van der Waals surface area contributed by atoms with E-state index in [1.54, 1.807) is 36.4 Å². The zero-order chi connectivity index (χ0) is 21.2. The van der Waals surface area contributed by atoms with Crippen LogP contribution in [-0.2, 0) is 11.2 Å². The molecule has 2 amide bonds. The van der Waals surface area contributed by atoms with E-state index in [0.29, 0.717) is 24.2 Å². The lowest BCUT2D eigenvalue weighted by molar-refractivity contribution is -0.119. The highest BCUT2D eigenvalue weighted by molar-refractivity contribution is 6.00. The zero-order valence-electron chi connectivity index (χ0n) is 16.4. The molecule has 0 aromatic heterocycles. The maximum Gasteiger partial charge on any atom is 0.387 e. The molecule has 0 saturated carbocycles. The predicted octanol–water partition coefficient (Wildman–Crippen LogP) is 3.20. The van der Waals surface area contributed by atoms with Crippen LogP contribution in [0.4, 0.5) is 14.5 Å². The van der Waals surface area contributed by atoms with Crippen LogP contribution in [0.5, 0.6) is 5.75 Å². The summed E-state index contributed by atoms with van der Waals surface area (Å²) in [7, 11) is 0. The van der Waals surface area contributed by atoms with Gasteiger partial charge >= 0.3 is 6.61 Å². The highest BCUT2D eigenvalue weighted by Gasteiger charge is 2.12. The van der Waals surface area contributed by atoms with Gasteiger partial charge in [-0.15, -0.1) is 0 Å². The monoisotopic (exact) mass is 405 g/mol. The van der Waals surface area contributed by atoms with Crippen LogP contribution in [0.15, 0.2) is 48.5 Å². The van der Waals surface area contributed by atoms with E-state index in [2.05, 4.69) is 20.7 Å². The van der Waals surface area contributed by atoms with E-state index in [4.69, 9.17) is 0 Å². The van der Waals surface area contributed by atoms with Gasteiger partial charge < -0.3 is 20.7 Å². The number of anilines is 1. The average molecular weight is 405 g/mol. The maximum atomic E-state index is 12.2. The number of rotatable bonds is 10. The van der Waals surface area contributed by atoms with Gasteiger partial charge in [0.15, 0.2) is 0 Å². The number of ether oxygens (including phenoxy) is 1. The summed E-state index contributed by atoms with van der Waals surface area (Å²) >= 11 is 0. The SMILES string of the molecule is CC(C)NC(=O)c1ccccc1NCC(=O)NCCc1ccc(OC(F)F)cc1. The van der Waals surface area contributed by atoms with Crippen LogP contribution in [0.3, 0.4) is 0 Å². The van der Waals surface area contributed by atoms with Crippen molar-refractivity contribution in [3.05, 3.63) is 59.7 Å². The van der Waals surface area contributed by atoms with Crippen LogP contribution in [0.25, 0.3) is 0 Å². The molecule has 156 valence electrons. The van der Waals surface area contributed by atoms with Crippen LogP contribution in [0, 0.1) is 0 Å². The van der Waals surface area contributed by atoms with E-state index in [9.17, 15) is 18.4 Å². The lowest BCUT2D eigenvalue weighted by Crippen LogP contribution is -2.33. The Bertz CT molecular complexity index is 811. The number of alkyl halides is 2. The Balaban J connectivity index is 1.78. The van der Waals surface area contributed by atoms with Crippen LogP contribution in [-0.4, -0.2) is 37.6 Å². The molecule has 6 nitrogen and oxygen atoms in total. The number of para-hydroxylation sites is 1. The van der Waals surface area contributed by atoms with Crippen molar-refractivity contribution in [2.45, 2.75) is 32.9 Å². The van der Waals surface area contributed by atoms with Crippen molar-refractivity contribution in [2.75, 3.05) is 18.4 Å². The molecule has 29 heavy (non-hydrogen) atoms. The average Bonchev–Trinajstić information content (AvgIpc) is 2.67. The third-order valence-electron chi connectivity index (χ3n) is 3.92. The summed E-state index contributed by atoms with van der Waals surface area (Å²) in [4.78, 5) is 24.3. The van der Waals surface area contributed by atoms with Crippen molar-refractivity contribution < 1.29 is 23.1 Å². The van der Waals surface area contributed by atoms with Gasteiger partial charge in [-0.3, -0.25) is 9.59 Å². The quantitative estimate of drug-likeness (QED) is 0.567. The molecule has 0 bridgehead atoms. The number of carbonyl (C=O) groups excluding carboxylic acids is 2. The second kappa shape index (κ2) is 11.0. The number of hydrogen-bond acceptors (Lipinski definition) is 4. The topological polar surface area (TPSA) is 79.5 Å². The molecule has 0 fully saturated rings. The number of benzene rings is 2. The molecule has 0 atom stereocenters. The Morgan fingerprint density at radius 3 is 2.38 bits per heavy atom. The first kappa shape index (κ1) is 22.1. The normalized spacial score (nSPS) is 10.7. The Hall–Kier alpha value is -3.16. The Kier molecular flexibility index (Phi) is 8.39. The van der Waals surface area contributed by atoms with Crippen molar-refractivity contribution in [1.82, 2.24) is 10.6 Å². The van der Waals surface area contributed by atoms with Gasteiger partial charge in [-0.25, -0.2) is 0 Å². The first-order chi connectivity index (χ1) is 13.8.